The van der Waals surface area contributed by atoms with E-state index in [1.807, 2.05) is 11.8 Å². The molecule has 0 aliphatic heterocycles. The Labute approximate surface area is 116 Å². The SMILES string of the molecule is CCN(Cc1cccc(C(=O)O)n1)c1ccc(F)cc1. The summed E-state index contributed by atoms with van der Waals surface area (Å²) in [6.45, 7) is 3.16. The van der Waals surface area contributed by atoms with E-state index >= 15 is 0 Å². The number of carbonyl (C=O) groups is 1. The van der Waals surface area contributed by atoms with Gasteiger partial charge in [-0.2, -0.15) is 0 Å². The molecule has 0 spiro atoms. The molecule has 2 aromatic rings. The number of carboxylic acids is 1. The van der Waals surface area contributed by atoms with Gasteiger partial charge in [-0.25, -0.2) is 14.2 Å². The van der Waals surface area contributed by atoms with Crippen molar-refractivity contribution in [2.24, 2.45) is 0 Å². The van der Waals surface area contributed by atoms with Crippen LogP contribution in [0.1, 0.15) is 23.1 Å². The predicted octanol–water partition coefficient (Wildman–Crippen LogP) is 2.95. The predicted molar refractivity (Wildman–Crippen MR) is 74.3 cm³/mol. The van der Waals surface area contributed by atoms with Gasteiger partial charge in [-0.15, -0.1) is 0 Å². The number of halogens is 1. The average Bonchev–Trinajstić information content (AvgIpc) is 2.46. The van der Waals surface area contributed by atoms with E-state index in [0.29, 0.717) is 18.8 Å². The van der Waals surface area contributed by atoms with Crippen molar-refractivity contribution in [3.05, 3.63) is 59.7 Å². The molecular weight excluding hydrogens is 259 g/mol. The van der Waals surface area contributed by atoms with Gasteiger partial charge in [0, 0.05) is 12.2 Å². The van der Waals surface area contributed by atoms with Gasteiger partial charge in [-0.05, 0) is 43.3 Å². The van der Waals surface area contributed by atoms with Crippen LogP contribution in [0, 0.1) is 5.82 Å². The van der Waals surface area contributed by atoms with Gasteiger partial charge in [-0.1, -0.05) is 6.07 Å². The summed E-state index contributed by atoms with van der Waals surface area (Å²) < 4.78 is 12.9. The third-order valence-electron chi connectivity index (χ3n) is 2.95. The first-order valence-corrected chi connectivity index (χ1v) is 6.30. The summed E-state index contributed by atoms with van der Waals surface area (Å²) in [6.07, 6.45) is 0. The zero-order valence-electron chi connectivity index (χ0n) is 11.1. The molecule has 1 aromatic heterocycles. The van der Waals surface area contributed by atoms with Crippen LogP contribution >= 0.6 is 0 Å². The highest BCUT2D eigenvalue weighted by Crippen LogP contribution is 2.17. The lowest BCUT2D eigenvalue weighted by atomic mass is 10.2. The maximum Gasteiger partial charge on any atom is 0.354 e. The fourth-order valence-corrected chi connectivity index (χ4v) is 1.92. The van der Waals surface area contributed by atoms with Crippen LogP contribution in [-0.4, -0.2) is 22.6 Å². The minimum absolute atomic E-state index is 0.0256. The Morgan fingerprint density at radius 3 is 2.55 bits per heavy atom. The molecule has 1 heterocycles. The number of benzene rings is 1. The van der Waals surface area contributed by atoms with Crippen molar-refractivity contribution in [1.82, 2.24) is 4.98 Å². The first kappa shape index (κ1) is 14.0. The van der Waals surface area contributed by atoms with Crippen LogP contribution in [0.2, 0.25) is 0 Å². The number of pyridine rings is 1. The molecule has 1 N–H and O–H groups in total. The van der Waals surface area contributed by atoms with Crippen LogP contribution < -0.4 is 4.90 Å². The Hall–Kier alpha value is -2.43. The van der Waals surface area contributed by atoms with Gasteiger partial charge >= 0.3 is 5.97 Å². The van der Waals surface area contributed by atoms with Crippen LogP contribution in [0.3, 0.4) is 0 Å². The van der Waals surface area contributed by atoms with Gasteiger partial charge < -0.3 is 10.0 Å². The summed E-state index contributed by atoms with van der Waals surface area (Å²) in [5.74, 6) is -1.33. The molecule has 0 saturated heterocycles. The lowest BCUT2D eigenvalue weighted by Crippen LogP contribution is -2.23. The smallest absolute Gasteiger partial charge is 0.354 e. The molecular formula is C15H15FN2O2. The van der Waals surface area contributed by atoms with E-state index in [4.69, 9.17) is 5.11 Å². The Balaban J connectivity index is 2.19. The van der Waals surface area contributed by atoms with Gasteiger partial charge in [0.1, 0.15) is 11.5 Å². The number of rotatable bonds is 5. The Morgan fingerprint density at radius 1 is 1.25 bits per heavy atom. The van der Waals surface area contributed by atoms with Gasteiger partial charge in [0.2, 0.25) is 0 Å². The number of hydrogen-bond acceptors (Lipinski definition) is 3. The summed E-state index contributed by atoms with van der Waals surface area (Å²) in [6, 6.07) is 11.1. The van der Waals surface area contributed by atoms with Gasteiger partial charge in [0.25, 0.3) is 0 Å². The number of carboxylic acid groups (broad SMARTS) is 1. The van der Waals surface area contributed by atoms with E-state index in [0.717, 1.165) is 5.69 Å². The number of hydrogen-bond donors (Lipinski definition) is 1. The first-order valence-electron chi connectivity index (χ1n) is 6.30. The molecule has 0 saturated carbocycles. The largest absolute Gasteiger partial charge is 0.477 e. The monoisotopic (exact) mass is 274 g/mol. The van der Waals surface area contributed by atoms with E-state index in [-0.39, 0.29) is 11.5 Å². The quantitative estimate of drug-likeness (QED) is 0.910. The number of aromatic nitrogens is 1. The zero-order valence-corrected chi connectivity index (χ0v) is 11.1. The molecule has 0 unspecified atom stereocenters. The topological polar surface area (TPSA) is 53.4 Å². The molecule has 104 valence electrons. The lowest BCUT2D eigenvalue weighted by molar-refractivity contribution is 0.0690. The third-order valence-corrected chi connectivity index (χ3v) is 2.95. The zero-order chi connectivity index (χ0) is 14.5. The maximum atomic E-state index is 12.9. The van der Waals surface area contributed by atoms with Crippen LogP contribution in [-0.2, 0) is 6.54 Å². The van der Waals surface area contributed by atoms with Crippen molar-refractivity contribution in [2.45, 2.75) is 13.5 Å². The average molecular weight is 274 g/mol. The van der Waals surface area contributed by atoms with E-state index < -0.39 is 5.97 Å². The van der Waals surface area contributed by atoms with Crippen molar-refractivity contribution >= 4 is 11.7 Å². The van der Waals surface area contributed by atoms with Crippen LogP contribution in [0.4, 0.5) is 10.1 Å². The highest BCUT2D eigenvalue weighted by Gasteiger charge is 2.09. The maximum absolute atomic E-state index is 12.9. The molecule has 1 aromatic carbocycles. The van der Waals surface area contributed by atoms with Crippen molar-refractivity contribution in [2.75, 3.05) is 11.4 Å². The summed E-state index contributed by atoms with van der Waals surface area (Å²) >= 11 is 0. The molecule has 4 nitrogen and oxygen atoms in total. The van der Waals surface area contributed by atoms with E-state index in [1.165, 1.54) is 18.2 Å². The molecule has 0 amide bonds. The van der Waals surface area contributed by atoms with Crippen molar-refractivity contribution in [1.29, 1.82) is 0 Å². The first-order chi connectivity index (χ1) is 9.60. The van der Waals surface area contributed by atoms with Crippen molar-refractivity contribution < 1.29 is 14.3 Å². The number of aromatic carboxylic acids is 1. The van der Waals surface area contributed by atoms with Crippen LogP contribution in [0.5, 0.6) is 0 Å². The minimum Gasteiger partial charge on any atom is -0.477 e. The molecule has 0 atom stereocenters. The number of nitrogens with zero attached hydrogens (tertiary/aromatic N) is 2. The highest BCUT2D eigenvalue weighted by molar-refractivity contribution is 5.85. The molecule has 5 heteroatoms. The van der Waals surface area contributed by atoms with Gasteiger partial charge in [-0.3, -0.25) is 0 Å². The summed E-state index contributed by atoms with van der Waals surface area (Å²) in [4.78, 5) is 17.0. The van der Waals surface area contributed by atoms with Gasteiger partial charge in [0.15, 0.2) is 0 Å². The molecule has 0 bridgehead atoms. The summed E-state index contributed by atoms with van der Waals surface area (Å²) in [5, 5.41) is 8.93. The third kappa shape index (κ3) is 3.32. The highest BCUT2D eigenvalue weighted by atomic mass is 19.1. The van der Waals surface area contributed by atoms with Gasteiger partial charge in [0.05, 0.1) is 12.2 Å². The lowest BCUT2D eigenvalue weighted by Gasteiger charge is -2.22. The van der Waals surface area contributed by atoms with E-state index in [9.17, 15) is 9.18 Å². The van der Waals surface area contributed by atoms with Crippen LogP contribution in [0.15, 0.2) is 42.5 Å². The summed E-state index contributed by atoms with van der Waals surface area (Å²) in [5.41, 5.74) is 1.56. The molecule has 0 fully saturated rings. The molecule has 0 aliphatic carbocycles. The van der Waals surface area contributed by atoms with E-state index in [1.54, 1.807) is 24.3 Å². The normalized spacial score (nSPS) is 10.3. The second kappa shape index (κ2) is 6.14. The second-order valence-corrected chi connectivity index (χ2v) is 4.31. The molecule has 0 radical (unpaired) electrons. The second-order valence-electron chi connectivity index (χ2n) is 4.31. The Morgan fingerprint density at radius 2 is 1.95 bits per heavy atom. The van der Waals surface area contributed by atoms with Crippen molar-refractivity contribution in [3.8, 4) is 0 Å². The fourth-order valence-electron chi connectivity index (χ4n) is 1.92. The Bertz CT molecular complexity index is 599. The standard InChI is InChI=1S/C15H15FN2O2/c1-2-18(13-8-6-11(16)7-9-13)10-12-4-3-5-14(17-12)15(19)20/h3-9H,2,10H2,1H3,(H,19,20). The Kier molecular flexibility index (Phi) is 4.30. The van der Waals surface area contributed by atoms with E-state index in [2.05, 4.69) is 4.98 Å². The van der Waals surface area contributed by atoms with Crippen molar-refractivity contribution in [3.63, 3.8) is 0 Å². The molecule has 0 aliphatic rings. The molecule has 20 heavy (non-hydrogen) atoms. The number of anilines is 1. The summed E-state index contributed by atoms with van der Waals surface area (Å²) in [7, 11) is 0. The van der Waals surface area contributed by atoms with Crippen LogP contribution in [0.25, 0.3) is 0 Å². The molecule has 2 rings (SSSR count). The fraction of sp³-hybridized carbons (Fsp3) is 0.200. The minimum atomic E-state index is -1.04.